The van der Waals surface area contributed by atoms with Crippen molar-refractivity contribution in [2.75, 3.05) is 13.2 Å². The summed E-state index contributed by atoms with van der Waals surface area (Å²) in [4.78, 5) is 24.8. The molecule has 0 fully saturated rings. The fraction of sp³-hybridized carbons (Fsp3) is 0.136. The highest BCUT2D eigenvalue weighted by atomic mass is 16.5. The highest BCUT2D eigenvalue weighted by Crippen LogP contribution is 2.19. The van der Waals surface area contributed by atoms with Crippen LogP contribution in [0.15, 0.2) is 77.9 Å². The summed E-state index contributed by atoms with van der Waals surface area (Å²) in [6.45, 7) is 0.169. The number of fused-ring (bicyclic) bond motifs is 1. The second-order valence-electron chi connectivity index (χ2n) is 6.28. The maximum absolute atomic E-state index is 12.4. The van der Waals surface area contributed by atoms with E-state index in [4.69, 9.17) is 4.74 Å². The number of amides is 1. The van der Waals surface area contributed by atoms with Gasteiger partial charge in [0.15, 0.2) is 6.61 Å². The van der Waals surface area contributed by atoms with Crippen molar-refractivity contribution in [2.45, 2.75) is 6.42 Å². The second-order valence-corrected chi connectivity index (χ2v) is 6.28. The number of hydrogen-bond donors (Lipinski definition) is 0. The lowest BCUT2D eigenvalue weighted by atomic mass is 10.1. The Morgan fingerprint density at radius 3 is 2.52 bits per heavy atom. The summed E-state index contributed by atoms with van der Waals surface area (Å²) in [6.07, 6.45) is 0.688. The first-order chi connectivity index (χ1) is 13.2. The van der Waals surface area contributed by atoms with Crippen LogP contribution in [0.3, 0.4) is 0 Å². The summed E-state index contributed by atoms with van der Waals surface area (Å²) in [5, 5.41) is 7.50. The number of ether oxygens (including phenoxy) is 1. The van der Waals surface area contributed by atoms with Gasteiger partial charge in [-0.3, -0.25) is 4.79 Å². The first kappa shape index (κ1) is 17.0. The smallest absolute Gasteiger partial charge is 0.339 e. The first-order valence-corrected chi connectivity index (χ1v) is 8.80. The van der Waals surface area contributed by atoms with E-state index in [1.807, 2.05) is 60.7 Å². The van der Waals surface area contributed by atoms with Crippen molar-refractivity contribution < 1.29 is 14.3 Å². The lowest BCUT2D eigenvalue weighted by molar-refractivity contribution is -0.134. The molecule has 0 radical (unpaired) electrons. The number of nitrogens with zero attached hydrogens (tertiary/aromatic N) is 2. The van der Waals surface area contributed by atoms with E-state index >= 15 is 0 Å². The van der Waals surface area contributed by atoms with Gasteiger partial charge in [0.1, 0.15) is 0 Å². The molecule has 5 heteroatoms. The van der Waals surface area contributed by atoms with Crippen molar-refractivity contribution in [3.8, 4) is 0 Å². The SMILES string of the molecule is O=C(OCC(=O)N1CCC(c2ccccc2)=N1)c1cccc2ccccc12. The van der Waals surface area contributed by atoms with Crippen LogP contribution in [0.5, 0.6) is 0 Å². The third-order valence-corrected chi connectivity index (χ3v) is 4.53. The summed E-state index contributed by atoms with van der Waals surface area (Å²) in [5.74, 6) is -0.832. The molecule has 0 aliphatic carbocycles. The fourth-order valence-electron chi connectivity index (χ4n) is 3.15. The van der Waals surface area contributed by atoms with Crippen LogP contribution < -0.4 is 0 Å². The summed E-state index contributed by atoms with van der Waals surface area (Å²) < 4.78 is 5.25. The van der Waals surface area contributed by atoms with E-state index in [-0.39, 0.29) is 12.5 Å². The van der Waals surface area contributed by atoms with Gasteiger partial charge in [-0.1, -0.05) is 66.7 Å². The highest BCUT2D eigenvalue weighted by molar-refractivity contribution is 6.05. The minimum atomic E-state index is -0.508. The van der Waals surface area contributed by atoms with Gasteiger partial charge < -0.3 is 4.74 Å². The summed E-state index contributed by atoms with van der Waals surface area (Å²) in [6, 6.07) is 22.8. The molecular weight excluding hydrogens is 340 g/mol. The number of hydrogen-bond acceptors (Lipinski definition) is 4. The molecule has 1 amide bonds. The van der Waals surface area contributed by atoms with Gasteiger partial charge in [-0.2, -0.15) is 5.10 Å². The van der Waals surface area contributed by atoms with Crippen LogP contribution in [-0.4, -0.2) is 35.7 Å². The highest BCUT2D eigenvalue weighted by Gasteiger charge is 2.23. The molecule has 5 nitrogen and oxygen atoms in total. The van der Waals surface area contributed by atoms with Crippen LogP contribution >= 0.6 is 0 Å². The van der Waals surface area contributed by atoms with Crippen molar-refractivity contribution in [1.29, 1.82) is 0 Å². The number of rotatable bonds is 4. The van der Waals surface area contributed by atoms with Crippen LogP contribution in [0.25, 0.3) is 10.8 Å². The number of hydrazone groups is 1. The van der Waals surface area contributed by atoms with E-state index < -0.39 is 5.97 Å². The van der Waals surface area contributed by atoms with Gasteiger partial charge in [-0.05, 0) is 22.4 Å². The molecule has 1 aliphatic rings. The average molecular weight is 358 g/mol. The molecule has 3 aromatic carbocycles. The van der Waals surface area contributed by atoms with Crippen molar-refractivity contribution in [3.05, 3.63) is 83.9 Å². The number of carbonyl (C=O) groups is 2. The molecule has 4 rings (SSSR count). The van der Waals surface area contributed by atoms with E-state index in [1.165, 1.54) is 5.01 Å². The minimum absolute atomic E-state index is 0.325. The Bertz CT molecular complexity index is 1020. The molecular formula is C22H18N2O3. The molecule has 0 spiro atoms. The number of carbonyl (C=O) groups excluding carboxylic acids is 2. The quantitative estimate of drug-likeness (QED) is 0.669. The molecule has 0 atom stereocenters. The van der Waals surface area contributed by atoms with Crippen LogP contribution in [0.4, 0.5) is 0 Å². The largest absolute Gasteiger partial charge is 0.452 e. The Hall–Kier alpha value is -3.47. The van der Waals surface area contributed by atoms with Crippen molar-refractivity contribution in [2.24, 2.45) is 5.10 Å². The third-order valence-electron chi connectivity index (χ3n) is 4.53. The molecule has 0 aromatic heterocycles. The standard InChI is InChI=1S/C22H18N2O3/c25-21(24-14-13-20(23-24)17-8-2-1-3-9-17)15-27-22(26)19-12-6-10-16-7-4-5-11-18(16)19/h1-12H,13-15H2. The molecule has 1 aliphatic heterocycles. The summed E-state index contributed by atoms with van der Waals surface area (Å²) in [5.41, 5.74) is 2.32. The van der Waals surface area contributed by atoms with Crippen LogP contribution in [0, 0.1) is 0 Å². The lowest BCUT2D eigenvalue weighted by Crippen LogP contribution is -2.28. The summed E-state index contributed by atoms with van der Waals surface area (Å²) >= 11 is 0. The lowest BCUT2D eigenvalue weighted by Gasteiger charge is -2.12. The Morgan fingerprint density at radius 1 is 0.926 bits per heavy atom. The predicted molar refractivity (Wildman–Crippen MR) is 104 cm³/mol. The molecule has 0 saturated carbocycles. The van der Waals surface area contributed by atoms with Gasteiger partial charge in [0.25, 0.3) is 5.91 Å². The van der Waals surface area contributed by atoms with Crippen molar-refractivity contribution >= 4 is 28.4 Å². The van der Waals surface area contributed by atoms with Gasteiger partial charge in [-0.25, -0.2) is 9.80 Å². The van der Waals surface area contributed by atoms with Gasteiger partial charge in [0.05, 0.1) is 17.8 Å². The monoisotopic (exact) mass is 358 g/mol. The minimum Gasteiger partial charge on any atom is -0.452 e. The maximum Gasteiger partial charge on any atom is 0.339 e. The molecule has 0 saturated heterocycles. The molecule has 3 aromatic rings. The Balaban J connectivity index is 1.42. The zero-order valence-corrected chi connectivity index (χ0v) is 14.7. The van der Waals surface area contributed by atoms with Crippen molar-refractivity contribution in [3.63, 3.8) is 0 Å². The van der Waals surface area contributed by atoms with Crippen LogP contribution in [0.1, 0.15) is 22.3 Å². The van der Waals surface area contributed by atoms with E-state index in [9.17, 15) is 9.59 Å². The molecule has 0 N–H and O–H groups in total. The molecule has 0 unspecified atom stereocenters. The van der Waals surface area contributed by atoms with Gasteiger partial charge >= 0.3 is 5.97 Å². The molecule has 27 heavy (non-hydrogen) atoms. The summed E-state index contributed by atoms with van der Waals surface area (Å²) in [7, 11) is 0. The fourth-order valence-corrected chi connectivity index (χ4v) is 3.15. The second kappa shape index (κ2) is 7.41. The van der Waals surface area contributed by atoms with E-state index in [2.05, 4.69) is 5.10 Å². The average Bonchev–Trinajstić information content (AvgIpc) is 3.22. The molecule has 1 heterocycles. The van der Waals surface area contributed by atoms with Gasteiger partial charge in [-0.15, -0.1) is 0 Å². The van der Waals surface area contributed by atoms with E-state index in [0.29, 0.717) is 18.5 Å². The first-order valence-electron chi connectivity index (χ1n) is 8.80. The maximum atomic E-state index is 12.4. The normalized spacial score (nSPS) is 13.5. The zero-order chi connectivity index (χ0) is 18.6. The van der Waals surface area contributed by atoms with Gasteiger partial charge in [0.2, 0.25) is 0 Å². The number of esters is 1. The Labute approximate surface area is 156 Å². The predicted octanol–water partition coefficient (Wildman–Crippen LogP) is 3.63. The van der Waals surface area contributed by atoms with E-state index in [0.717, 1.165) is 22.0 Å². The Kier molecular flexibility index (Phi) is 4.66. The zero-order valence-electron chi connectivity index (χ0n) is 14.7. The van der Waals surface area contributed by atoms with E-state index in [1.54, 1.807) is 12.1 Å². The third kappa shape index (κ3) is 3.58. The molecule has 134 valence electrons. The topological polar surface area (TPSA) is 59.0 Å². The van der Waals surface area contributed by atoms with Crippen LogP contribution in [0.2, 0.25) is 0 Å². The number of benzene rings is 3. The van der Waals surface area contributed by atoms with Crippen LogP contribution in [-0.2, 0) is 9.53 Å². The van der Waals surface area contributed by atoms with Gasteiger partial charge in [0, 0.05) is 6.42 Å². The van der Waals surface area contributed by atoms with Crippen molar-refractivity contribution in [1.82, 2.24) is 5.01 Å². The molecule has 0 bridgehead atoms. The Morgan fingerprint density at radius 2 is 1.67 bits per heavy atom.